The molecule has 4 aromatic rings. The monoisotopic (exact) mass is 447 g/mol. The first-order valence-electron chi connectivity index (χ1n) is 10.9. The molecule has 0 unspecified atom stereocenters. The van der Waals surface area contributed by atoms with E-state index in [0.29, 0.717) is 16.3 Å². The summed E-state index contributed by atoms with van der Waals surface area (Å²) >= 11 is 1.34. The van der Waals surface area contributed by atoms with Crippen LogP contribution in [-0.4, -0.2) is 36.9 Å². The van der Waals surface area contributed by atoms with E-state index in [9.17, 15) is 9.59 Å². The predicted molar refractivity (Wildman–Crippen MR) is 127 cm³/mol. The van der Waals surface area contributed by atoms with Gasteiger partial charge in [0.1, 0.15) is 0 Å². The van der Waals surface area contributed by atoms with E-state index in [0.717, 1.165) is 35.2 Å². The smallest absolute Gasteiger partial charge is 0.267 e. The maximum absolute atomic E-state index is 13.5. The minimum absolute atomic E-state index is 0.00524. The van der Waals surface area contributed by atoms with E-state index in [-0.39, 0.29) is 23.3 Å². The Balaban J connectivity index is 1.60. The molecule has 0 aliphatic heterocycles. The third kappa shape index (κ3) is 3.68. The van der Waals surface area contributed by atoms with Crippen LogP contribution in [0, 0.1) is 13.8 Å². The second-order valence-corrected chi connectivity index (χ2v) is 9.35. The van der Waals surface area contributed by atoms with E-state index in [1.807, 2.05) is 60.7 Å². The first kappa shape index (κ1) is 20.8. The summed E-state index contributed by atoms with van der Waals surface area (Å²) in [7, 11) is 0. The average Bonchev–Trinajstić information content (AvgIpc) is 3.44. The Hall–Kier alpha value is -3.13. The van der Waals surface area contributed by atoms with Crippen LogP contribution in [0.1, 0.15) is 36.8 Å². The molecule has 8 heteroatoms. The number of rotatable bonds is 5. The van der Waals surface area contributed by atoms with Gasteiger partial charge in [-0.2, -0.15) is 0 Å². The number of aromatic nitrogens is 4. The molecule has 1 aliphatic carbocycles. The van der Waals surface area contributed by atoms with E-state index >= 15 is 0 Å². The third-order valence-corrected chi connectivity index (χ3v) is 6.97. The first-order chi connectivity index (χ1) is 15.5. The van der Waals surface area contributed by atoms with Crippen LogP contribution in [0.25, 0.3) is 22.4 Å². The van der Waals surface area contributed by atoms with Crippen LogP contribution in [0.15, 0.2) is 52.4 Å². The highest BCUT2D eigenvalue weighted by Gasteiger charge is 2.21. The van der Waals surface area contributed by atoms with Crippen LogP contribution in [0.4, 0.5) is 0 Å². The van der Waals surface area contributed by atoms with Crippen molar-refractivity contribution in [2.75, 3.05) is 5.75 Å². The summed E-state index contributed by atoms with van der Waals surface area (Å²) in [5.41, 5.74) is 3.49. The fourth-order valence-corrected chi connectivity index (χ4v) is 5.27. The zero-order valence-electron chi connectivity index (χ0n) is 18.2. The number of nitrogens with one attached hydrogen (secondary N) is 1. The predicted octanol–water partition coefficient (Wildman–Crippen LogP) is 3.80. The van der Waals surface area contributed by atoms with Crippen LogP contribution in [0.2, 0.25) is 0 Å². The van der Waals surface area contributed by atoms with Crippen molar-refractivity contribution in [2.24, 2.45) is 0 Å². The van der Waals surface area contributed by atoms with Gasteiger partial charge in [-0.1, -0.05) is 54.4 Å². The number of hydrogen-bond acceptors (Lipinski definition) is 5. The number of amides is 1. The van der Waals surface area contributed by atoms with E-state index in [2.05, 4.69) is 15.5 Å². The fraction of sp³-hybridized carbons (Fsp3) is 0.333. The Morgan fingerprint density at radius 1 is 1.12 bits per heavy atom. The lowest BCUT2D eigenvalue weighted by Crippen LogP contribution is -2.33. The van der Waals surface area contributed by atoms with Gasteiger partial charge in [-0.05, 0) is 50.5 Å². The van der Waals surface area contributed by atoms with Gasteiger partial charge < -0.3 is 5.32 Å². The molecule has 7 nitrogen and oxygen atoms in total. The van der Waals surface area contributed by atoms with Crippen molar-refractivity contribution in [1.82, 2.24) is 24.5 Å². The van der Waals surface area contributed by atoms with Crippen molar-refractivity contribution >= 4 is 34.3 Å². The maximum atomic E-state index is 13.5. The van der Waals surface area contributed by atoms with Gasteiger partial charge in [0, 0.05) is 6.04 Å². The van der Waals surface area contributed by atoms with E-state index < -0.39 is 0 Å². The number of carbonyl (C=O) groups excluding carboxylic acids is 1. The molecular formula is C24H25N5O2S. The average molecular weight is 448 g/mol. The van der Waals surface area contributed by atoms with Gasteiger partial charge in [-0.15, -0.1) is 10.2 Å². The van der Waals surface area contributed by atoms with Crippen molar-refractivity contribution in [3.63, 3.8) is 0 Å². The second-order valence-electron chi connectivity index (χ2n) is 8.40. The Morgan fingerprint density at radius 3 is 2.69 bits per heavy atom. The number of benzene rings is 2. The molecule has 0 radical (unpaired) electrons. The minimum atomic E-state index is -0.136. The zero-order valence-corrected chi connectivity index (χ0v) is 19.0. The Morgan fingerprint density at radius 2 is 1.91 bits per heavy atom. The van der Waals surface area contributed by atoms with Crippen LogP contribution in [0.5, 0.6) is 0 Å². The number of hydrogen-bond donors (Lipinski definition) is 1. The normalized spacial score (nSPS) is 14.4. The van der Waals surface area contributed by atoms with Gasteiger partial charge in [0.25, 0.3) is 5.56 Å². The molecule has 32 heavy (non-hydrogen) atoms. The third-order valence-electron chi connectivity index (χ3n) is 6.04. The van der Waals surface area contributed by atoms with Crippen molar-refractivity contribution in [1.29, 1.82) is 0 Å². The van der Waals surface area contributed by atoms with Crippen molar-refractivity contribution in [3.8, 4) is 5.69 Å². The number of thioether (sulfide) groups is 1. The minimum Gasteiger partial charge on any atom is -0.353 e. The summed E-state index contributed by atoms with van der Waals surface area (Å²) in [6, 6.07) is 13.7. The van der Waals surface area contributed by atoms with Crippen molar-refractivity contribution in [2.45, 2.75) is 50.7 Å². The topological polar surface area (TPSA) is 81.3 Å². The lowest BCUT2D eigenvalue weighted by atomic mass is 10.1. The summed E-state index contributed by atoms with van der Waals surface area (Å²) in [4.78, 5) is 25.9. The van der Waals surface area contributed by atoms with Crippen LogP contribution in [-0.2, 0) is 4.79 Å². The molecule has 164 valence electrons. The molecule has 2 heterocycles. The summed E-state index contributed by atoms with van der Waals surface area (Å²) in [5, 5.41) is 13.0. The molecule has 2 aromatic heterocycles. The molecule has 0 bridgehead atoms. The summed E-state index contributed by atoms with van der Waals surface area (Å²) in [6.07, 6.45) is 4.46. The van der Waals surface area contributed by atoms with Crippen LogP contribution in [0.3, 0.4) is 0 Å². The number of carbonyl (C=O) groups is 1. The summed E-state index contributed by atoms with van der Waals surface area (Å²) in [6.45, 7) is 4.01. The van der Waals surface area contributed by atoms with E-state index in [1.54, 1.807) is 4.57 Å². The van der Waals surface area contributed by atoms with Gasteiger partial charge >= 0.3 is 0 Å². The van der Waals surface area contributed by atoms with Crippen molar-refractivity contribution < 1.29 is 4.79 Å². The van der Waals surface area contributed by atoms with Crippen LogP contribution < -0.4 is 10.9 Å². The molecule has 1 amide bonds. The lowest BCUT2D eigenvalue weighted by molar-refractivity contribution is -0.119. The van der Waals surface area contributed by atoms with E-state index in [1.165, 1.54) is 24.6 Å². The molecule has 5 rings (SSSR count). The van der Waals surface area contributed by atoms with Gasteiger partial charge in [0.2, 0.25) is 11.7 Å². The Labute approximate surface area is 189 Å². The number of aryl methyl sites for hydroxylation is 2. The molecule has 0 saturated heterocycles. The zero-order chi connectivity index (χ0) is 22.2. The standard InChI is InChI=1S/C24H25N5O2S/c1-15-11-12-19(16(2)13-15)28-22(31)18-9-5-6-10-20(18)29-23(28)26-27-24(29)32-14-21(30)25-17-7-3-4-8-17/h5-6,9-13,17H,3-4,7-8,14H2,1-2H3,(H,25,30). The fourth-order valence-electron chi connectivity index (χ4n) is 4.52. The summed E-state index contributed by atoms with van der Waals surface area (Å²) < 4.78 is 3.50. The molecule has 0 atom stereocenters. The van der Waals surface area contributed by atoms with Gasteiger partial charge in [0.05, 0.1) is 22.3 Å². The Bertz CT molecular complexity index is 1380. The number of nitrogens with zero attached hydrogens (tertiary/aromatic N) is 4. The maximum Gasteiger partial charge on any atom is 0.267 e. The Kier molecular flexibility index (Phi) is 5.46. The van der Waals surface area contributed by atoms with E-state index in [4.69, 9.17) is 0 Å². The lowest BCUT2D eigenvalue weighted by Gasteiger charge is -2.14. The van der Waals surface area contributed by atoms with Crippen molar-refractivity contribution in [3.05, 3.63) is 63.9 Å². The van der Waals surface area contributed by atoms with Gasteiger partial charge in [-0.3, -0.25) is 14.0 Å². The molecule has 1 saturated carbocycles. The van der Waals surface area contributed by atoms with Gasteiger partial charge in [0.15, 0.2) is 5.16 Å². The molecule has 1 fully saturated rings. The number of para-hydroxylation sites is 1. The molecule has 2 aromatic carbocycles. The molecule has 1 aliphatic rings. The highest BCUT2D eigenvalue weighted by Crippen LogP contribution is 2.25. The highest BCUT2D eigenvalue weighted by atomic mass is 32.2. The SMILES string of the molecule is Cc1ccc(-n2c(=O)c3ccccc3n3c(SCC(=O)NC4CCCC4)nnc23)c(C)c1. The second kappa shape index (κ2) is 8.43. The molecule has 1 N–H and O–H groups in total. The quantitative estimate of drug-likeness (QED) is 0.471. The first-order valence-corrected chi connectivity index (χ1v) is 11.9. The number of fused-ring (bicyclic) bond motifs is 3. The van der Waals surface area contributed by atoms with Crippen LogP contribution >= 0.6 is 11.8 Å². The van der Waals surface area contributed by atoms with Gasteiger partial charge in [-0.25, -0.2) is 4.57 Å². The highest BCUT2D eigenvalue weighted by molar-refractivity contribution is 7.99. The largest absolute Gasteiger partial charge is 0.353 e. The summed E-state index contributed by atoms with van der Waals surface area (Å²) in [5.74, 6) is 0.707. The molecular weight excluding hydrogens is 422 g/mol. The molecule has 0 spiro atoms.